The third kappa shape index (κ3) is 3.80. The zero-order chi connectivity index (χ0) is 13.9. The van der Waals surface area contributed by atoms with Gasteiger partial charge in [0.15, 0.2) is 9.84 Å². The summed E-state index contributed by atoms with van der Waals surface area (Å²) in [5.41, 5.74) is 0.463. The minimum Gasteiger partial charge on any atom is -0.478 e. The summed E-state index contributed by atoms with van der Waals surface area (Å²) in [5, 5.41) is 9.05. The molecule has 1 fully saturated rings. The first-order valence-corrected chi connectivity index (χ1v) is 8.32. The molecular weight excluding hydrogens is 264 g/mol. The molecule has 0 unspecified atom stereocenters. The van der Waals surface area contributed by atoms with Gasteiger partial charge in [-0.3, -0.25) is 0 Å². The molecule has 5 heteroatoms. The molecule has 1 N–H and O–H groups in total. The summed E-state index contributed by atoms with van der Waals surface area (Å²) in [7, 11) is -3.24. The van der Waals surface area contributed by atoms with Crippen LogP contribution in [-0.2, 0) is 15.6 Å². The van der Waals surface area contributed by atoms with Gasteiger partial charge in [-0.15, -0.1) is 0 Å². The molecule has 1 aromatic rings. The molecular formula is C14H18O4S. The first-order valence-electron chi connectivity index (χ1n) is 6.49. The molecule has 0 saturated heterocycles. The van der Waals surface area contributed by atoms with E-state index in [2.05, 4.69) is 0 Å². The van der Waals surface area contributed by atoms with Gasteiger partial charge in [0, 0.05) is 0 Å². The maximum Gasteiger partial charge on any atom is 0.335 e. The van der Waals surface area contributed by atoms with Gasteiger partial charge in [-0.1, -0.05) is 31.0 Å². The van der Waals surface area contributed by atoms with Crippen LogP contribution in [0.5, 0.6) is 0 Å². The van der Waals surface area contributed by atoms with E-state index in [1.165, 1.54) is 6.07 Å². The number of sulfone groups is 1. The largest absolute Gasteiger partial charge is 0.478 e. The highest BCUT2D eigenvalue weighted by atomic mass is 32.2. The van der Waals surface area contributed by atoms with E-state index in [1.807, 2.05) is 0 Å². The van der Waals surface area contributed by atoms with Crippen molar-refractivity contribution in [3.05, 3.63) is 35.4 Å². The van der Waals surface area contributed by atoms with Gasteiger partial charge in [-0.05, 0) is 30.4 Å². The Morgan fingerprint density at radius 2 is 1.84 bits per heavy atom. The van der Waals surface area contributed by atoms with Gasteiger partial charge < -0.3 is 5.11 Å². The fraction of sp³-hybridized carbons (Fsp3) is 0.500. The van der Waals surface area contributed by atoms with Crippen LogP contribution in [0.3, 0.4) is 0 Å². The minimum atomic E-state index is -3.24. The van der Waals surface area contributed by atoms with Gasteiger partial charge in [0.1, 0.15) is 0 Å². The molecule has 1 aliphatic carbocycles. The van der Waals surface area contributed by atoms with Crippen LogP contribution in [0.4, 0.5) is 0 Å². The lowest BCUT2D eigenvalue weighted by molar-refractivity contribution is 0.0696. The van der Waals surface area contributed by atoms with Crippen molar-refractivity contribution in [2.45, 2.75) is 31.4 Å². The van der Waals surface area contributed by atoms with Gasteiger partial charge in [0.05, 0.1) is 17.1 Å². The molecule has 0 bridgehead atoms. The molecule has 0 heterocycles. The molecule has 0 atom stereocenters. The van der Waals surface area contributed by atoms with Gasteiger partial charge >= 0.3 is 5.97 Å². The van der Waals surface area contributed by atoms with Crippen molar-refractivity contribution in [3.63, 3.8) is 0 Å². The van der Waals surface area contributed by atoms with E-state index in [0.29, 0.717) is 5.56 Å². The van der Waals surface area contributed by atoms with Gasteiger partial charge in [-0.2, -0.15) is 0 Å². The highest BCUT2D eigenvalue weighted by Gasteiger charge is 2.24. The Bertz CT molecular complexity index is 557. The van der Waals surface area contributed by atoms with Crippen LogP contribution in [0.25, 0.3) is 0 Å². The molecule has 2 rings (SSSR count). The Labute approximate surface area is 113 Å². The van der Waals surface area contributed by atoms with Crippen LogP contribution in [0.1, 0.15) is 41.6 Å². The first-order chi connectivity index (χ1) is 8.98. The number of carbonyl (C=O) groups is 1. The molecule has 0 amide bonds. The van der Waals surface area contributed by atoms with E-state index in [4.69, 9.17) is 5.11 Å². The lowest BCUT2D eigenvalue weighted by Gasteiger charge is -2.11. The number of benzene rings is 1. The third-order valence-corrected chi connectivity index (χ3v) is 5.32. The molecule has 19 heavy (non-hydrogen) atoms. The first kappa shape index (κ1) is 14.1. The van der Waals surface area contributed by atoms with Crippen molar-refractivity contribution >= 4 is 15.8 Å². The molecule has 4 nitrogen and oxygen atoms in total. The van der Waals surface area contributed by atoms with Crippen LogP contribution >= 0.6 is 0 Å². The maximum absolute atomic E-state index is 12.1. The quantitative estimate of drug-likeness (QED) is 0.900. The highest BCUT2D eigenvalue weighted by Crippen LogP contribution is 2.27. The Morgan fingerprint density at radius 3 is 2.47 bits per heavy atom. The standard InChI is InChI=1S/C14H18O4S/c15-14(16)13-8-4-3-7-12(13)10-19(17,18)9-11-5-1-2-6-11/h3-4,7-8,11H,1-2,5-6,9-10H2,(H,15,16). The summed E-state index contributed by atoms with van der Waals surface area (Å²) in [6, 6.07) is 6.31. The Morgan fingerprint density at radius 1 is 1.21 bits per heavy atom. The summed E-state index contributed by atoms with van der Waals surface area (Å²) in [6.07, 6.45) is 4.15. The number of carboxylic acids is 1. The Kier molecular flexibility index (Phi) is 4.24. The second kappa shape index (κ2) is 5.74. The second-order valence-electron chi connectivity index (χ2n) is 5.17. The fourth-order valence-corrected chi connectivity index (χ4v) is 4.58. The fourth-order valence-electron chi connectivity index (χ4n) is 2.69. The topological polar surface area (TPSA) is 71.4 Å². The predicted octanol–water partition coefficient (Wildman–Crippen LogP) is 2.49. The van der Waals surface area contributed by atoms with Crippen LogP contribution in [-0.4, -0.2) is 25.2 Å². The molecule has 1 saturated carbocycles. The van der Waals surface area contributed by atoms with Crippen molar-refractivity contribution in [2.75, 3.05) is 5.75 Å². The number of aromatic carboxylic acids is 1. The number of hydrogen-bond donors (Lipinski definition) is 1. The average molecular weight is 282 g/mol. The van der Waals surface area contributed by atoms with E-state index in [9.17, 15) is 13.2 Å². The van der Waals surface area contributed by atoms with E-state index in [1.54, 1.807) is 18.2 Å². The van der Waals surface area contributed by atoms with E-state index in [0.717, 1.165) is 25.7 Å². The lowest BCUT2D eigenvalue weighted by atomic mass is 10.1. The van der Waals surface area contributed by atoms with Gasteiger partial charge in [0.25, 0.3) is 0 Å². The van der Waals surface area contributed by atoms with Gasteiger partial charge in [-0.25, -0.2) is 13.2 Å². The molecule has 0 aliphatic heterocycles. The molecule has 1 aromatic carbocycles. The average Bonchev–Trinajstić information content (AvgIpc) is 2.80. The molecule has 104 valence electrons. The molecule has 1 aliphatic rings. The van der Waals surface area contributed by atoms with Crippen molar-refractivity contribution in [1.82, 2.24) is 0 Å². The summed E-state index contributed by atoms with van der Waals surface area (Å²) in [5.74, 6) is -0.818. The van der Waals surface area contributed by atoms with Crippen molar-refractivity contribution in [3.8, 4) is 0 Å². The molecule has 0 radical (unpaired) electrons. The highest BCUT2D eigenvalue weighted by molar-refractivity contribution is 7.90. The monoisotopic (exact) mass is 282 g/mol. The number of rotatable bonds is 5. The Hall–Kier alpha value is -1.36. The SMILES string of the molecule is O=C(O)c1ccccc1CS(=O)(=O)CC1CCCC1. The molecule has 0 aromatic heterocycles. The van der Waals surface area contributed by atoms with E-state index in [-0.39, 0.29) is 23.0 Å². The predicted molar refractivity (Wildman–Crippen MR) is 72.9 cm³/mol. The van der Waals surface area contributed by atoms with Crippen molar-refractivity contribution < 1.29 is 18.3 Å². The summed E-state index contributed by atoms with van der Waals surface area (Å²) in [6.45, 7) is 0. The summed E-state index contributed by atoms with van der Waals surface area (Å²) in [4.78, 5) is 11.1. The normalized spacial score (nSPS) is 16.6. The van der Waals surface area contributed by atoms with E-state index < -0.39 is 15.8 Å². The summed E-state index contributed by atoms with van der Waals surface area (Å²) >= 11 is 0. The Balaban J connectivity index is 2.13. The van der Waals surface area contributed by atoms with Crippen LogP contribution in [0.2, 0.25) is 0 Å². The van der Waals surface area contributed by atoms with Crippen molar-refractivity contribution in [2.24, 2.45) is 5.92 Å². The maximum atomic E-state index is 12.1. The third-order valence-electron chi connectivity index (χ3n) is 3.59. The minimum absolute atomic E-state index is 0.0810. The molecule has 0 spiro atoms. The smallest absolute Gasteiger partial charge is 0.335 e. The van der Waals surface area contributed by atoms with Crippen LogP contribution < -0.4 is 0 Å². The van der Waals surface area contributed by atoms with Crippen LogP contribution in [0.15, 0.2) is 24.3 Å². The zero-order valence-corrected chi connectivity index (χ0v) is 11.5. The van der Waals surface area contributed by atoms with Crippen LogP contribution in [0, 0.1) is 5.92 Å². The van der Waals surface area contributed by atoms with Crippen molar-refractivity contribution in [1.29, 1.82) is 0 Å². The zero-order valence-electron chi connectivity index (χ0n) is 10.7. The number of hydrogen-bond acceptors (Lipinski definition) is 3. The number of carboxylic acid groups (broad SMARTS) is 1. The van der Waals surface area contributed by atoms with Gasteiger partial charge in [0.2, 0.25) is 0 Å². The van der Waals surface area contributed by atoms with E-state index >= 15 is 0 Å². The second-order valence-corrected chi connectivity index (χ2v) is 7.28. The summed E-state index contributed by atoms with van der Waals surface area (Å²) < 4.78 is 24.3. The lowest BCUT2D eigenvalue weighted by Crippen LogP contribution is -2.17.